The van der Waals surface area contributed by atoms with Crippen LogP contribution < -0.4 is 51.1 Å². The fourth-order valence-corrected chi connectivity index (χ4v) is 4.80. The molecule has 5 atom stereocenters. The molecule has 0 amide bonds. The number of carbonyl (C=O) groups excluding carboxylic acids is 1. The number of nitrogens with one attached hydrogen (secondary N) is 2. The summed E-state index contributed by atoms with van der Waals surface area (Å²) in [5.41, 5.74) is 5.84. The maximum Gasteiger partial charge on any atom is 1.00 e. The van der Waals surface area contributed by atoms with E-state index in [9.17, 15) is 19.0 Å². The first-order valence-corrected chi connectivity index (χ1v) is 11.2. The number of aromatic nitrogens is 4. The van der Waals surface area contributed by atoms with E-state index in [1.807, 2.05) is 0 Å². The van der Waals surface area contributed by atoms with Crippen molar-refractivity contribution in [1.29, 1.82) is 0 Å². The molecule has 4 heterocycles. The van der Waals surface area contributed by atoms with E-state index in [4.69, 9.17) is 24.3 Å². The van der Waals surface area contributed by atoms with E-state index in [0.717, 1.165) is 0 Å². The van der Waals surface area contributed by atoms with Crippen LogP contribution in [0.5, 0.6) is 0 Å². The normalized spacial score (nSPS) is 28.2. The van der Waals surface area contributed by atoms with Crippen LogP contribution in [0.4, 0.5) is 11.6 Å². The van der Waals surface area contributed by atoms with Gasteiger partial charge in [0.25, 0.3) is 13.4 Å². The zero-order valence-corrected chi connectivity index (χ0v) is 20.9. The second-order valence-corrected chi connectivity index (χ2v) is 8.68. The maximum absolute atomic E-state index is 13.0. The number of aromatic amines is 1. The third kappa shape index (κ3) is 4.39. The topological polar surface area (TPSA) is 196 Å². The van der Waals surface area contributed by atoms with Crippen molar-refractivity contribution in [1.82, 2.24) is 19.5 Å². The summed E-state index contributed by atoms with van der Waals surface area (Å²) in [6, 6.07) is 6.62. The average Bonchev–Trinajstić information content (AvgIpc) is 3.34. The summed E-state index contributed by atoms with van der Waals surface area (Å²) in [6.07, 6.45) is -3.21. The minimum absolute atomic E-state index is 0. The number of para-hydroxylation sites is 1. The Labute approximate surface area is 213 Å². The van der Waals surface area contributed by atoms with E-state index >= 15 is 0 Å². The van der Waals surface area contributed by atoms with Gasteiger partial charge in [0.2, 0.25) is 5.95 Å². The number of fused-ring (bicyclic) bond motifs is 2. The molecule has 2 aliphatic rings. The number of nitrogens with zero attached hydrogens (tertiary/aromatic N) is 3. The standard InChI is InChI=1S/C18H19N6O8P.Na/c1-20-9-5-3-2-4-8(9)17(26)31-13-12-10(6-29-33(27,28)32-12)30-16(13)24-7-21-11-14(24)22-18(19)23-15(11)25;/h2-5,7,10,12-13,16,20H,6H2,1H3,(H,27,28)(H3,19,22,23,25);/q;+1/p-1/t10-,12-,13-,16-;/m1./s1. The predicted octanol–water partition coefficient (Wildman–Crippen LogP) is -3.25. The van der Waals surface area contributed by atoms with Crippen molar-refractivity contribution >= 4 is 36.6 Å². The summed E-state index contributed by atoms with van der Waals surface area (Å²) in [5.74, 6) is -0.908. The summed E-state index contributed by atoms with van der Waals surface area (Å²) in [7, 11) is -3.00. The van der Waals surface area contributed by atoms with Gasteiger partial charge in [-0.15, -0.1) is 0 Å². The number of carbonyl (C=O) groups is 1. The summed E-state index contributed by atoms with van der Waals surface area (Å²) in [5, 5.41) is 2.89. The Morgan fingerprint density at radius 3 is 2.94 bits per heavy atom. The molecule has 2 aromatic heterocycles. The molecule has 2 saturated heterocycles. The van der Waals surface area contributed by atoms with E-state index in [1.54, 1.807) is 31.3 Å². The largest absolute Gasteiger partial charge is 1.00 e. The summed E-state index contributed by atoms with van der Waals surface area (Å²) in [4.78, 5) is 47.6. The molecule has 14 nitrogen and oxygen atoms in total. The van der Waals surface area contributed by atoms with Gasteiger partial charge in [-0.1, -0.05) is 12.1 Å². The van der Waals surface area contributed by atoms with Gasteiger partial charge in [-0.3, -0.25) is 18.9 Å². The Morgan fingerprint density at radius 1 is 1.41 bits per heavy atom. The van der Waals surface area contributed by atoms with Crippen molar-refractivity contribution in [3.63, 3.8) is 0 Å². The van der Waals surface area contributed by atoms with Crippen LogP contribution in [0.2, 0.25) is 0 Å². The van der Waals surface area contributed by atoms with Gasteiger partial charge in [-0.2, -0.15) is 4.98 Å². The number of imidazole rings is 1. The van der Waals surface area contributed by atoms with Crippen molar-refractivity contribution in [2.24, 2.45) is 0 Å². The molecule has 34 heavy (non-hydrogen) atoms. The molecule has 5 rings (SSSR count). The fraction of sp³-hybridized carbons (Fsp3) is 0.333. The molecule has 0 bridgehead atoms. The van der Waals surface area contributed by atoms with Gasteiger partial charge in [-0.25, -0.2) is 9.78 Å². The Balaban J connectivity index is 0.00000274. The maximum atomic E-state index is 13.0. The Hall–Kier alpha value is -2.29. The fourth-order valence-electron chi connectivity index (χ4n) is 3.86. The second-order valence-electron chi connectivity index (χ2n) is 7.32. The predicted molar refractivity (Wildman–Crippen MR) is 110 cm³/mol. The molecule has 0 radical (unpaired) electrons. The van der Waals surface area contributed by atoms with E-state index in [2.05, 4.69) is 20.3 Å². The van der Waals surface area contributed by atoms with Crippen LogP contribution in [-0.2, 0) is 23.1 Å². The molecule has 2 fully saturated rings. The minimum Gasteiger partial charge on any atom is -0.756 e. The Bertz CT molecular complexity index is 1350. The zero-order valence-electron chi connectivity index (χ0n) is 18.0. The number of anilines is 2. The molecular weight excluding hydrogens is 482 g/mol. The van der Waals surface area contributed by atoms with Crippen LogP contribution in [0.25, 0.3) is 11.2 Å². The molecule has 1 aromatic carbocycles. The van der Waals surface area contributed by atoms with Crippen LogP contribution in [0.1, 0.15) is 16.6 Å². The molecule has 4 N–H and O–H groups in total. The van der Waals surface area contributed by atoms with Crippen LogP contribution in [0.3, 0.4) is 0 Å². The van der Waals surface area contributed by atoms with Gasteiger partial charge in [0, 0.05) is 12.7 Å². The molecule has 0 aliphatic carbocycles. The number of nitrogens with two attached hydrogens (primary N) is 1. The average molecular weight is 500 g/mol. The third-order valence-corrected chi connectivity index (χ3v) is 6.28. The van der Waals surface area contributed by atoms with E-state index in [-0.39, 0.29) is 58.8 Å². The van der Waals surface area contributed by atoms with Gasteiger partial charge in [0.1, 0.15) is 12.2 Å². The Kier molecular flexibility index (Phi) is 6.86. The molecule has 174 valence electrons. The van der Waals surface area contributed by atoms with Crippen molar-refractivity contribution < 1.29 is 62.3 Å². The van der Waals surface area contributed by atoms with Crippen LogP contribution in [-0.4, -0.2) is 57.5 Å². The number of esters is 1. The van der Waals surface area contributed by atoms with Crippen molar-refractivity contribution in [2.45, 2.75) is 24.5 Å². The molecular formula is C18H18N6NaO8P. The quantitative estimate of drug-likeness (QED) is 0.184. The monoisotopic (exact) mass is 500 g/mol. The number of hydrogen-bond donors (Lipinski definition) is 3. The van der Waals surface area contributed by atoms with Gasteiger partial charge in [0.05, 0.1) is 18.5 Å². The van der Waals surface area contributed by atoms with Crippen LogP contribution in [0.15, 0.2) is 35.4 Å². The molecule has 0 spiro atoms. The van der Waals surface area contributed by atoms with Crippen molar-refractivity contribution in [2.75, 3.05) is 24.7 Å². The number of rotatable bonds is 4. The van der Waals surface area contributed by atoms with Crippen molar-refractivity contribution in [3.8, 4) is 0 Å². The number of hydrogen-bond acceptors (Lipinski definition) is 12. The van der Waals surface area contributed by atoms with Gasteiger partial charge >= 0.3 is 35.5 Å². The number of phosphoric acid groups is 1. The number of benzene rings is 1. The van der Waals surface area contributed by atoms with Crippen LogP contribution in [0, 0.1) is 0 Å². The minimum atomic E-state index is -4.64. The van der Waals surface area contributed by atoms with Gasteiger partial charge in [0.15, 0.2) is 23.5 Å². The van der Waals surface area contributed by atoms with E-state index in [0.29, 0.717) is 5.69 Å². The number of H-pyrrole nitrogens is 1. The van der Waals surface area contributed by atoms with Gasteiger partial charge < -0.3 is 34.5 Å². The second kappa shape index (κ2) is 9.40. The molecule has 16 heteroatoms. The van der Waals surface area contributed by atoms with Crippen LogP contribution >= 0.6 is 7.82 Å². The first kappa shape index (κ1) is 24.8. The summed E-state index contributed by atoms with van der Waals surface area (Å²) >= 11 is 0. The molecule has 0 saturated carbocycles. The number of phosphoric ester groups is 1. The van der Waals surface area contributed by atoms with E-state index in [1.165, 1.54) is 10.9 Å². The smallest absolute Gasteiger partial charge is 0.756 e. The Morgan fingerprint density at radius 2 is 2.18 bits per heavy atom. The van der Waals surface area contributed by atoms with E-state index < -0.39 is 43.9 Å². The van der Waals surface area contributed by atoms with Gasteiger partial charge in [-0.05, 0) is 12.1 Å². The number of ether oxygens (including phenoxy) is 2. The number of nitrogen functional groups attached to an aromatic ring is 1. The molecule has 2 aliphatic heterocycles. The SMILES string of the molecule is CNc1ccccc1C(=O)O[C@@H]1[C@@H]2OP(=O)([O-])OC[C@H]2O[C@H]1n1cnc2c(=O)[nH]c(N)nc21.[Na+]. The first-order chi connectivity index (χ1) is 15.8. The molecule has 1 unspecified atom stereocenters. The molecule has 3 aromatic rings. The summed E-state index contributed by atoms with van der Waals surface area (Å²) in [6.45, 7) is -0.341. The third-order valence-electron chi connectivity index (χ3n) is 5.32. The summed E-state index contributed by atoms with van der Waals surface area (Å²) < 4.78 is 34.8. The first-order valence-electron chi connectivity index (χ1n) is 9.77. The van der Waals surface area contributed by atoms with Crippen molar-refractivity contribution in [3.05, 3.63) is 46.5 Å². The zero-order chi connectivity index (χ0) is 23.3.